The molecule has 5 heteroatoms. The molecule has 0 radical (unpaired) electrons. The highest BCUT2D eigenvalue weighted by Gasteiger charge is 2.46. The van der Waals surface area contributed by atoms with E-state index in [2.05, 4.69) is 50.0 Å². The lowest BCUT2D eigenvalue weighted by Gasteiger charge is -2.50. The summed E-state index contributed by atoms with van der Waals surface area (Å²) in [7, 11) is 0. The van der Waals surface area contributed by atoms with Crippen LogP contribution in [-0.4, -0.2) is 40.0 Å². The largest absolute Gasteiger partial charge is 0.478 e. The predicted octanol–water partition coefficient (Wildman–Crippen LogP) is 6.65. The predicted molar refractivity (Wildman–Crippen MR) is 147 cm³/mol. The molecule has 0 saturated heterocycles. The molecule has 0 unspecified atom stereocenters. The minimum absolute atomic E-state index is 0.0982. The first-order valence-corrected chi connectivity index (χ1v) is 13.4. The van der Waals surface area contributed by atoms with E-state index in [1.807, 2.05) is 23.1 Å². The van der Waals surface area contributed by atoms with Gasteiger partial charge in [0.25, 0.3) is 5.91 Å². The Hall–Kier alpha value is -3.60. The molecule has 6 rings (SSSR count). The van der Waals surface area contributed by atoms with Gasteiger partial charge in [-0.3, -0.25) is 4.79 Å². The van der Waals surface area contributed by atoms with Gasteiger partial charge in [0.2, 0.25) is 0 Å². The van der Waals surface area contributed by atoms with Crippen LogP contribution in [0, 0.1) is 10.8 Å². The van der Waals surface area contributed by atoms with Gasteiger partial charge in [-0.15, -0.1) is 0 Å². The Morgan fingerprint density at radius 2 is 1.68 bits per heavy atom. The second-order valence-electron chi connectivity index (χ2n) is 11.7. The van der Waals surface area contributed by atoms with Crippen LogP contribution in [0.15, 0.2) is 60.2 Å². The van der Waals surface area contributed by atoms with E-state index in [-0.39, 0.29) is 16.7 Å². The normalized spacial score (nSPS) is 22.6. The van der Waals surface area contributed by atoms with Crippen LogP contribution in [0.5, 0.6) is 0 Å². The second kappa shape index (κ2) is 8.47. The van der Waals surface area contributed by atoms with Crippen LogP contribution in [0.25, 0.3) is 16.5 Å². The zero-order chi connectivity index (χ0) is 25.9. The number of carbonyl (C=O) groups is 2. The van der Waals surface area contributed by atoms with Gasteiger partial charge in [0.1, 0.15) is 0 Å². The number of allylic oxidation sites excluding steroid dienone is 2. The highest BCUT2D eigenvalue weighted by Crippen LogP contribution is 2.55. The lowest BCUT2D eigenvalue weighted by molar-refractivity contribution is 0.0678. The first-order valence-electron chi connectivity index (χ1n) is 13.4. The summed E-state index contributed by atoms with van der Waals surface area (Å²) in [5.41, 5.74) is 8.22. The van der Waals surface area contributed by atoms with Gasteiger partial charge in [-0.1, -0.05) is 50.6 Å². The lowest BCUT2D eigenvalue weighted by atomic mass is 9.58. The Bertz CT molecular complexity index is 1490. The summed E-state index contributed by atoms with van der Waals surface area (Å²) in [6, 6.07) is 13.3. The number of nitrogens with one attached hydrogen (secondary N) is 1. The number of carbonyl (C=O) groups excluding carboxylic acids is 1. The molecule has 2 aromatic carbocycles. The number of aromatic nitrogens is 1. The number of carboxylic acid groups (broad SMARTS) is 1. The molecule has 1 amide bonds. The average Bonchev–Trinajstić information content (AvgIpc) is 3.26. The van der Waals surface area contributed by atoms with E-state index >= 15 is 0 Å². The number of aromatic carboxylic acids is 1. The SMILES string of the molecule is CC1(C)C(c2ccc(C(=O)O)cc2)=CC[C@@]2(C)CN(C(=O)c3ccc4[nH]c5c(c4c3)CCCC5)CC=C12. The van der Waals surface area contributed by atoms with E-state index in [9.17, 15) is 14.7 Å². The van der Waals surface area contributed by atoms with Crippen molar-refractivity contribution in [3.63, 3.8) is 0 Å². The number of amides is 1. The van der Waals surface area contributed by atoms with Gasteiger partial charge in [0.05, 0.1) is 5.56 Å². The van der Waals surface area contributed by atoms with Gasteiger partial charge >= 0.3 is 5.97 Å². The number of hydrogen-bond donors (Lipinski definition) is 2. The summed E-state index contributed by atoms with van der Waals surface area (Å²) >= 11 is 0. The van der Waals surface area contributed by atoms with Crippen LogP contribution >= 0.6 is 0 Å². The summed E-state index contributed by atoms with van der Waals surface area (Å²) in [6.45, 7) is 8.04. The molecule has 0 saturated carbocycles. The molecule has 0 bridgehead atoms. The van der Waals surface area contributed by atoms with Crippen molar-refractivity contribution < 1.29 is 14.7 Å². The molecular formula is C32H34N2O3. The molecule has 0 spiro atoms. The highest BCUT2D eigenvalue weighted by molar-refractivity contribution is 5.99. The van der Waals surface area contributed by atoms with Crippen LogP contribution in [0.3, 0.4) is 0 Å². The first-order chi connectivity index (χ1) is 17.7. The first kappa shape index (κ1) is 23.8. The third-order valence-electron chi connectivity index (χ3n) is 8.88. The molecule has 5 nitrogen and oxygen atoms in total. The average molecular weight is 495 g/mol. The van der Waals surface area contributed by atoms with Crippen LogP contribution in [0.1, 0.15) is 77.6 Å². The van der Waals surface area contributed by atoms with Crippen molar-refractivity contribution in [2.24, 2.45) is 10.8 Å². The zero-order valence-electron chi connectivity index (χ0n) is 21.9. The number of H-pyrrole nitrogens is 1. The molecule has 2 N–H and O–H groups in total. The quantitative estimate of drug-likeness (QED) is 0.401. The summed E-state index contributed by atoms with van der Waals surface area (Å²) < 4.78 is 0. The Morgan fingerprint density at radius 1 is 0.946 bits per heavy atom. The Labute approximate surface area is 217 Å². The van der Waals surface area contributed by atoms with Crippen molar-refractivity contribution in [1.29, 1.82) is 0 Å². The fraction of sp³-hybridized carbons (Fsp3) is 0.375. The van der Waals surface area contributed by atoms with E-state index in [0.29, 0.717) is 18.7 Å². The van der Waals surface area contributed by atoms with Crippen molar-refractivity contribution in [3.05, 3.63) is 88.1 Å². The molecular weight excluding hydrogens is 460 g/mol. The van der Waals surface area contributed by atoms with Gasteiger partial charge in [-0.25, -0.2) is 4.79 Å². The summed E-state index contributed by atoms with van der Waals surface area (Å²) in [6.07, 6.45) is 10.0. The van der Waals surface area contributed by atoms with E-state index in [0.717, 1.165) is 35.9 Å². The fourth-order valence-electron chi connectivity index (χ4n) is 7.08. The Kier molecular flexibility index (Phi) is 5.45. The topological polar surface area (TPSA) is 73.4 Å². The summed E-state index contributed by atoms with van der Waals surface area (Å²) in [5.74, 6) is -0.813. The minimum atomic E-state index is -0.911. The van der Waals surface area contributed by atoms with E-state index in [1.165, 1.54) is 40.6 Å². The van der Waals surface area contributed by atoms with Crippen molar-refractivity contribution in [3.8, 4) is 0 Å². The van der Waals surface area contributed by atoms with E-state index in [4.69, 9.17) is 0 Å². The van der Waals surface area contributed by atoms with Gasteiger partial charge in [-0.05, 0) is 79.1 Å². The van der Waals surface area contributed by atoms with Crippen molar-refractivity contribution in [2.45, 2.75) is 52.9 Å². The summed E-state index contributed by atoms with van der Waals surface area (Å²) in [4.78, 5) is 30.6. The molecule has 2 heterocycles. The number of aryl methyl sites for hydroxylation is 2. The standard InChI is InChI=1S/C32H34N2O3/c1-31(2)25(20-8-10-21(11-9-20)30(36)37)14-16-32(3)19-34(17-15-28(31)32)29(35)22-12-13-27-24(18-22)23-6-4-5-7-26(23)33-27/h8-15,18,33H,4-7,16-17,19H2,1-3H3,(H,36,37)/t32-/m0/s1. The number of benzene rings is 2. The molecule has 1 aliphatic heterocycles. The summed E-state index contributed by atoms with van der Waals surface area (Å²) in [5, 5.41) is 10.5. The maximum atomic E-state index is 13.7. The zero-order valence-corrected chi connectivity index (χ0v) is 21.9. The number of carboxylic acids is 1. The van der Waals surface area contributed by atoms with Crippen LogP contribution in [0.4, 0.5) is 0 Å². The van der Waals surface area contributed by atoms with Crippen LogP contribution < -0.4 is 0 Å². The van der Waals surface area contributed by atoms with Gasteiger partial charge in [0.15, 0.2) is 0 Å². The van der Waals surface area contributed by atoms with Crippen LogP contribution in [-0.2, 0) is 12.8 Å². The molecule has 3 aromatic rings. The highest BCUT2D eigenvalue weighted by atomic mass is 16.4. The van der Waals surface area contributed by atoms with Crippen LogP contribution in [0.2, 0.25) is 0 Å². The monoisotopic (exact) mass is 494 g/mol. The molecule has 37 heavy (non-hydrogen) atoms. The van der Waals surface area contributed by atoms with Gasteiger partial charge in [0, 0.05) is 46.1 Å². The third kappa shape index (κ3) is 3.83. The number of fused-ring (bicyclic) bond motifs is 4. The number of rotatable bonds is 3. The molecule has 190 valence electrons. The maximum absolute atomic E-state index is 13.7. The van der Waals surface area contributed by atoms with E-state index in [1.54, 1.807) is 12.1 Å². The Morgan fingerprint density at radius 3 is 2.43 bits per heavy atom. The molecule has 1 aromatic heterocycles. The molecule has 1 atom stereocenters. The minimum Gasteiger partial charge on any atom is -0.478 e. The van der Waals surface area contributed by atoms with Crippen molar-refractivity contribution in [1.82, 2.24) is 9.88 Å². The second-order valence-corrected chi connectivity index (χ2v) is 11.7. The number of nitrogens with zero attached hydrogens (tertiary/aromatic N) is 1. The number of aromatic amines is 1. The molecule has 2 aliphatic carbocycles. The van der Waals surface area contributed by atoms with Crippen molar-refractivity contribution >= 4 is 28.4 Å². The number of hydrogen-bond acceptors (Lipinski definition) is 2. The molecule has 3 aliphatic rings. The fourth-order valence-corrected chi connectivity index (χ4v) is 7.08. The van der Waals surface area contributed by atoms with Crippen molar-refractivity contribution in [2.75, 3.05) is 13.1 Å². The molecule has 0 fully saturated rings. The lowest BCUT2D eigenvalue weighted by Crippen LogP contribution is -2.48. The van der Waals surface area contributed by atoms with Gasteiger partial charge in [-0.2, -0.15) is 0 Å². The van der Waals surface area contributed by atoms with E-state index < -0.39 is 5.97 Å². The Balaban J connectivity index is 1.27. The smallest absolute Gasteiger partial charge is 0.335 e. The third-order valence-corrected chi connectivity index (χ3v) is 8.88. The maximum Gasteiger partial charge on any atom is 0.335 e. The van der Waals surface area contributed by atoms with Gasteiger partial charge < -0.3 is 15.0 Å².